The second kappa shape index (κ2) is 9.64. The van der Waals surface area contributed by atoms with E-state index < -0.39 is 0 Å². The van der Waals surface area contributed by atoms with Gasteiger partial charge in [0.2, 0.25) is 0 Å². The number of nitrogens with one attached hydrogen (secondary N) is 1. The highest BCUT2D eigenvalue weighted by Crippen LogP contribution is 2.34. The van der Waals surface area contributed by atoms with Gasteiger partial charge in [-0.3, -0.25) is 0 Å². The van der Waals surface area contributed by atoms with Crippen LogP contribution in [0.3, 0.4) is 0 Å². The monoisotopic (exact) mass is 294 g/mol. The minimum atomic E-state index is 0.257. The third kappa shape index (κ3) is 4.90. The van der Waals surface area contributed by atoms with Gasteiger partial charge >= 0.3 is 0 Å². The van der Waals surface area contributed by atoms with Crippen molar-refractivity contribution in [2.75, 3.05) is 45.4 Å². The van der Waals surface area contributed by atoms with E-state index >= 15 is 0 Å². The maximum atomic E-state index is 5.59. The summed E-state index contributed by atoms with van der Waals surface area (Å²) in [5.74, 6) is 0.944. The first-order chi connectivity index (χ1) is 10.2. The van der Waals surface area contributed by atoms with Crippen molar-refractivity contribution < 1.29 is 9.47 Å². The molecule has 0 radical (unpaired) electrons. The Kier molecular flexibility index (Phi) is 8.16. The van der Waals surface area contributed by atoms with Crippen LogP contribution in [0, 0.1) is 0 Å². The summed E-state index contributed by atoms with van der Waals surface area (Å²) in [5.41, 5.74) is 2.46. The highest BCUT2D eigenvalue weighted by Gasteiger charge is 2.19. The Labute approximate surface area is 129 Å². The molecule has 1 aromatic carbocycles. The number of methoxy groups -OCH3 is 2. The molecule has 0 aliphatic carbocycles. The zero-order chi connectivity index (χ0) is 15.7. The molecule has 1 unspecified atom stereocenters. The first kappa shape index (κ1) is 17.8. The van der Waals surface area contributed by atoms with Crippen LogP contribution in [-0.4, -0.2) is 40.5 Å². The lowest BCUT2D eigenvalue weighted by Crippen LogP contribution is -2.30. The summed E-state index contributed by atoms with van der Waals surface area (Å²) in [6.07, 6.45) is 1.12. The van der Waals surface area contributed by atoms with Crippen LogP contribution in [0.25, 0.3) is 0 Å². The largest absolute Gasteiger partial charge is 0.496 e. The van der Waals surface area contributed by atoms with Gasteiger partial charge in [-0.1, -0.05) is 13.0 Å². The van der Waals surface area contributed by atoms with Crippen molar-refractivity contribution in [3.63, 3.8) is 0 Å². The Morgan fingerprint density at radius 2 is 2.00 bits per heavy atom. The molecule has 0 saturated heterocycles. The van der Waals surface area contributed by atoms with Gasteiger partial charge in [0.1, 0.15) is 5.75 Å². The number of likely N-dealkylation sites (N-methyl/N-ethyl adjacent to an activating group) is 1. The fourth-order valence-electron chi connectivity index (χ4n) is 2.53. The molecule has 4 heteroatoms. The zero-order valence-corrected chi connectivity index (χ0v) is 14.1. The third-order valence-electron chi connectivity index (χ3n) is 3.68. The fraction of sp³-hybridized carbons (Fsp3) is 0.647. The topological polar surface area (TPSA) is 33.7 Å². The van der Waals surface area contributed by atoms with E-state index in [1.807, 2.05) is 6.07 Å². The van der Waals surface area contributed by atoms with Crippen molar-refractivity contribution in [3.8, 4) is 5.75 Å². The molecule has 0 amide bonds. The van der Waals surface area contributed by atoms with E-state index in [0.717, 1.165) is 38.4 Å². The lowest BCUT2D eigenvalue weighted by molar-refractivity contribution is 0.205. The summed E-state index contributed by atoms with van der Waals surface area (Å²) in [6, 6.07) is 6.51. The van der Waals surface area contributed by atoms with Crippen LogP contribution in [0.2, 0.25) is 0 Å². The molecule has 0 spiro atoms. The van der Waals surface area contributed by atoms with E-state index in [2.05, 4.69) is 43.1 Å². The molecular formula is C17H30N2O2. The van der Waals surface area contributed by atoms with E-state index in [0.29, 0.717) is 0 Å². The molecule has 120 valence electrons. The third-order valence-corrected chi connectivity index (χ3v) is 3.68. The summed E-state index contributed by atoms with van der Waals surface area (Å²) < 4.78 is 10.8. The normalized spacial score (nSPS) is 12.2. The fourth-order valence-corrected chi connectivity index (χ4v) is 2.53. The Morgan fingerprint density at radius 3 is 2.57 bits per heavy atom. The van der Waals surface area contributed by atoms with Crippen molar-refractivity contribution >= 4 is 5.69 Å². The van der Waals surface area contributed by atoms with Crippen molar-refractivity contribution in [2.45, 2.75) is 33.2 Å². The summed E-state index contributed by atoms with van der Waals surface area (Å²) in [4.78, 5) is 2.34. The van der Waals surface area contributed by atoms with Gasteiger partial charge in [0.25, 0.3) is 0 Å². The predicted octanol–water partition coefficient (Wildman–Crippen LogP) is 3.23. The van der Waals surface area contributed by atoms with Crippen LogP contribution in [0.5, 0.6) is 5.75 Å². The van der Waals surface area contributed by atoms with Crippen LogP contribution in [0.1, 0.15) is 38.8 Å². The van der Waals surface area contributed by atoms with E-state index in [9.17, 15) is 0 Å². The standard InChI is InChI=1S/C17H30N2O2/c1-6-11-18-14(3)17-15(9-8-10-16(17)21-5)19(7-2)12-13-20-4/h8-10,14,18H,6-7,11-13H2,1-5H3. The molecule has 1 atom stereocenters. The van der Waals surface area contributed by atoms with Crippen LogP contribution in [-0.2, 0) is 4.74 Å². The first-order valence-electron chi connectivity index (χ1n) is 7.83. The van der Waals surface area contributed by atoms with Gasteiger partial charge in [0.05, 0.1) is 13.7 Å². The van der Waals surface area contributed by atoms with E-state index in [1.165, 1.54) is 11.3 Å². The summed E-state index contributed by atoms with van der Waals surface area (Å²) >= 11 is 0. The molecule has 1 aromatic rings. The van der Waals surface area contributed by atoms with Crippen molar-refractivity contribution in [3.05, 3.63) is 23.8 Å². The predicted molar refractivity (Wildman–Crippen MR) is 89.5 cm³/mol. The molecule has 4 nitrogen and oxygen atoms in total. The maximum Gasteiger partial charge on any atom is 0.125 e. The Hall–Kier alpha value is -1.26. The van der Waals surface area contributed by atoms with Gasteiger partial charge < -0.3 is 19.7 Å². The average Bonchev–Trinajstić information content (AvgIpc) is 2.52. The Balaban J connectivity index is 3.10. The number of nitrogens with zero attached hydrogens (tertiary/aromatic N) is 1. The van der Waals surface area contributed by atoms with Gasteiger partial charge in [0, 0.05) is 37.5 Å². The van der Waals surface area contributed by atoms with Gasteiger partial charge in [0.15, 0.2) is 0 Å². The van der Waals surface area contributed by atoms with E-state index in [1.54, 1.807) is 14.2 Å². The number of rotatable bonds is 10. The molecule has 0 saturated carbocycles. The molecule has 1 rings (SSSR count). The summed E-state index contributed by atoms with van der Waals surface area (Å²) in [6.45, 7) is 10.1. The second-order valence-electron chi connectivity index (χ2n) is 5.14. The quantitative estimate of drug-likeness (QED) is 0.718. The summed E-state index contributed by atoms with van der Waals surface area (Å²) in [7, 11) is 3.48. The first-order valence-corrected chi connectivity index (χ1v) is 7.83. The molecule has 0 fully saturated rings. The SMILES string of the molecule is CCCNC(C)c1c(OC)cccc1N(CC)CCOC. The van der Waals surface area contributed by atoms with Gasteiger partial charge in [-0.15, -0.1) is 0 Å². The average molecular weight is 294 g/mol. The number of anilines is 1. The smallest absolute Gasteiger partial charge is 0.125 e. The minimum Gasteiger partial charge on any atom is -0.496 e. The molecular weight excluding hydrogens is 264 g/mol. The van der Waals surface area contributed by atoms with Gasteiger partial charge in [-0.2, -0.15) is 0 Å². The lowest BCUT2D eigenvalue weighted by atomic mass is 10.0. The summed E-state index contributed by atoms with van der Waals surface area (Å²) in [5, 5.41) is 3.56. The van der Waals surface area contributed by atoms with Crippen LogP contribution < -0.4 is 15.0 Å². The van der Waals surface area contributed by atoms with Crippen LogP contribution in [0.15, 0.2) is 18.2 Å². The molecule has 0 aliphatic heterocycles. The molecule has 0 bridgehead atoms. The zero-order valence-electron chi connectivity index (χ0n) is 14.1. The number of benzene rings is 1. The molecule has 0 aliphatic rings. The molecule has 1 N–H and O–H groups in total. The molecule has 0 aromatic heterocycles. The van der Waals surface area contributed by atoms with Crippen LogP contribution >= 0.6 is 0 Å². The maximum absolute atomic E-state index is 5.59. The second-order valence-corrected chi connectivity index (χ2v) is 5.14. The highest BCUT2D eigenvalue weighted by atomic mass is 16.5. The van der Waals surface area contributed by atoms with E-state index in [-0.39, 0.29) is 6.04 Å². The van der Waals surface area contributed by atoms with Crippen molar-refractivity contribution in [1.82, 2.24) is 5.32 Å². The highest BCUT2D eigenvalue weighted by molar-refractivity contribution is 5.60. The lowest BCUT2D eigenvalue weighted by Gasteiger charge is -2.29. The Bertz CT molecular complexity index is 410. The Morgan fingerprint density at radius 1 is 1.24 bits per heavy atom. The van der Waals surface area contributed by atoms with Crippen molar-refractivity contribution in [2.24, 2.45) is 0 Å². The number of ether oxygens (including phenoxy) is 2. The molecule has 0 heterocycles. The van der Waals surface area contributed by atoms with Gasteiger partial charge in [-0.25, -0.2) is 0 Å². The van der Waals surface area contributed by atoms with E-state index in [4.69, 9.17) is 9.47 Å². The van der Waals surface area contributed by atoms with Crippen molar-refractivity contribution in [1.29, 1.82) is 0 Å². The van der Waals surface area contributed by atoms with Gasteiger partial charge in [-0.05, 0) is 38.9 Å². The number of hydrogen-bond donors (Lipinski definition) is 1. The van der Waals surface area contributed by atoms with Crippen LogP contribution in [0.4, 0.5) is 5.69 Å². The number of hydrogen-bond acceptors (Lipinski definition) is 4. The minimum absolute atomic E-state index is 0.257. The molecule has 21 heavy (non-hydrogen) atoms.